The summed E-state index contributed by atoms with van der Waals surface area (Å²) in [7, 11) is 0. The van der Waals surface area contributed by atoms with Crippen molar-refractivity contribution in [3.05, 3.63) is 175 Å². The Labute approximate surface area is 288 Å². The van der Waals surface area contributed by atoms with E-state index in [1.54, 1.807) is 0 Å². The van der Waals surface area contributed by atoms with E-state index in [1.165, 1.54) is 53.1 Å². The highest BCUT2D eigenvalue weighted by molar-refractivity contribution is 7.26. The van der Waals surface area contributed by atoms with E-state index in [1.807, 2.05) is 41.7 Å². The summed E-state index contributed by atoms with van der Waals surface area (Å²) in [4.78, 5) is 9.12. The molecule has 3 nitrogen and oxygen atoms in total. The molecule has 0 saturated heterocycles. The fourth-order valence-corrected chi connectivity index (χ4v) is 8.32. The minimum absolute atomic E-state index is 0.500. The van der Waals surface area contributed by atoms with E-state index in [9.17, 15) is 0 Å². The fourth-order valence-electron chi connectivity index (χ4n) is 7.08. The first-order valence-electron chi connectivity index (χ1n) is 16.5. The van der Waals surface area contributed by atoms with Crippen LogP contribution in [0.2, 0.25) is 0 Å². The Morgan fingerprint density at radius 3 is 2.10 bits per heavy atom. The Morgan fingerprint density at radius 2 is 1.27 bits per heavy atom. The minimum atomic E-state index is 0.500. The molecule has 9 rings (SSSR count). The standard InChI is InChI=1S/C45H31N3S/c1-46-45(32-15-6-3-7-16-32)47-29-30-23-26-41(39(27-30)31-13-4-2-5-14-31)48-40-21-10-8-17-35(40)36-25-24-33(28-42(36)48)34-19-12-20-38-37-18-9-11-22-43(37)49-44(34)38/h2-28H,1,29H2. The lowest BCUT2D eigenvalue weighted by molar-refractivity contribution is 1.06. The maximum Gasteiger partial charge on any atom is 0.154 e. The van der Waals surface area contributed by atoms with Crippen molar-refractivity contribution < 1.29 is 0 Å². The van der Waals surface area contributed by atoms with E-state index in [0.29, 0.717) is 12.4 Å². The van der Waals surface area contributed by atoms with Gasteiger partial charge in [-0.3, -0.25) is 4.99 Å². The molecule has 0 unspecified atom stereocenters. The van der Waals surface area contributed by atoms with Crippen LogP contribution in [0.5, 0.6) is 0 Å². The Kier molecular flexibility index (Phi) is 7.22. The summed E-state index contributed by atoms with van der Waals surface area (Å²) in [5.41, 5.74) is 10.4. The van der Waals surface area contributed by atoms with Crippen LogP contribution in [-0.2, 0) is 6.54 Å². The van der Waals surface area contributed by atoms with Gasteiger partial charge in [-0.2, -0.15) is 0 Å². The molecule has 0 N–H and O–H groups in total. The number of thiophene rings is 1. The average molecular weight is 646 g/mol. The summed E-state index contributed by atoms with van der Waals surface area (Å²) in [5, 5.41) is 5.10. The van der Waals surface area contributed by atoms with Crippen molar-refractivity contribution in [2.24, 2.45) is 9.98 Å². The molecule has 0 radical (unpaired) electrons. The lowest BCUT2D eigenvalue weighted by atomic mass is 9.99. The number of hydrogen-bond donors (Lipinski definition) is 0. The van der Waals surface area contributed by atoms with Crippen molar-refractivity contribution in [1.29, 1.82) is 0 Å². The normalized spacial score (nSPS) is 12.0. The largest absolute Gasteiger partial charge is 0.309 e. The van der Waals surface area contributed by atoms with Crippen LogP contribution in [-0.4, -0.2) is 17.1 Å². The first-order valence-corrected chi connectivity index (χ1v) is 17.3. The third kappa shape index (κ3) is 5.05. The van der Waals surface area contributed by atoms with Crippen molar-refractivity contribution >= 4 is 65.9 Å². The zero-order chi connectivity index (χ0) is 32.7. The number of benzene rings is 7. The van der Waals surface area contributed by atoms with E-state index in [-0.39, 0.29) is 0 Å². The molecule has 0 atom stereocenters. The van der Waals surface area contributed by atoms with Gasteiger partial charge in [-0.25, -0.2) is 4.99 Å². The molecule has 49 heavy (non-hydrogen) atoms. The second-order valence-corrected chi connectivity index (χ2v) is 13.3. The van der Waals surface area contributed by atoms with Crippen LogP contribution in [0.1, 0.15) is 11.1 Å². The highest BCUT2D eigenvalue weighted by Crippen LogP contribution is 2.42. The maximum atomic E-state index is 4.88. The lowest BCUT2D eigenvalue weighted by Crippen LogP contribution is -2.00. The Bertz CT molecular complexity index is 2700. The van der Waals surface area contributed by atoms with E-state index in [0.717, 1.165) is 27.9 Å². The maximum absolute atomic E-state index is 4.88. The molecular formula is C45H31N3S. The van der Waals surface area contributed by atoms with Crippen LogP contribution in [0.25, 0.3) is 69.9 Å². The van der Waals surface area contributed by atoms with Crippen molar-refractivity contribution in [1.82, 2.24) is 4.57 Å². The average Bonchev–Trinajstić information content (AvgIpc) is 3.71. The predicted molar refractivity (Wildman–Crippen MR) is 211 cm³/mol. The third-order valence-electron chi connectivity index (χ3n) is 9.37. The molecule has 0 fully saturated rings. The molecule has 9 aromatic rings. The SMILES string of the molecule is C=NC(=NCc1ccc(-n2c3ccccc3c3ccc(-c4cccc5c4sc4ccccc45)cc32)c(-c2ccccc2)c1)c1ccccc1. The predicted octanol–water partition coefficient (Wildman–Crippen LogP) is 12.1. The molecule has 4 heteroatoms. The second kappa shape index (κ2) is 12.2. The van der Waals surface area contributed by atoms with E-state index in [4.69, 9.17) is 4.99 Å². The first kappa shape index (κ1) is 29.1. The summed E-state index contributed by atoms with van der Waals surface area (Å²) in [5.74, 6) is 0.648. The molecule has 0 aliphatic carbocycles. The van der Waals surface area contributed by atoms with E-state index >= 15 is 0 Å². The van der Waals surface area contributed by atoms with Gasteiger partial charge in [-0.1, -0.05) is 133 Å². The highest BCUT2D eigenvalue weighted by atomic mass is 32.1. The molecule has 7 aromatic carbocycles. The fraction of sp³-hybridized carbons (Fsp3) is 0.0222. The summed E-state index contributed by atoms with van der Waals surface area (Å²) in [6.07, 6.45) is 0. The topological polar surface area (TPSA) is 29.6 Å². The summed E-state index contributed by atoms with van der Waals surface area (Å²) >= 11 is 1.87. The summed E-state index contributed by atoms with van der Waals surface area (Å²) in [6, 6.07) is 58.5. The van der Waals surface area contributed by atoms with Gasteiger partial charge in [0.1, 0.15) is 0 Å². The number of nitrogens with zero attached hydrogens (tertiary/aromatic N) is 3. The number of fused-ring (bicyclic) bond motifs is 6. The van der Waals surface area contributed by atoms with Crippen molar-refractivity contribution in [3.8, 4) is 27.9 Å². The quantitative estimate of drug-likeness (QED) is 0.127. The number of rotatable bonds is 6. The molecule has 0 amide bonds. The van der Waals surface area contributed by atoms with Crippen molar-refractivity contribution in [3.63, 3.8) is 0 Å². The van der Waals surface area contributed by atoms with Gasteiger partial charge in [0.05, 0.1) is 23.3 Å². The van der Waals surface area contributed by atoms with Gasteiger partial charge in [0, 0.05) is 42.1 Å². The van der Waals surface area contributed by atoms with Crippen molar-refractivity contribution in [2.75, 3.05) is 0 Å². The molecular weight excluding hydrogens is 615 g/mol. The Balaban J connectivity index is 1.24. The van der Waals surface area contributed by atoms with Crippen LogP contribution in [0.15, 0.2) is 174 Å². The molecule has 0 bridgehead atoms. The van der Waals surface area contributed by atoms with Crippen molar-refractivity contribution in [2.45, 2.75) is 6.54 Å². The molecule has 0 aliphatic rings. The molecule has 2 aromatic heterocycles. The van der Waals surface area contributed by atoms with Crippen LogP contribution < -0.4 is 0 Å². The first-order chi connectivity index (χ1) is 24.3. The Hall–Kier alpha value is -6.10. The third-order valence-corrected chi connectivity index (χ3v) is 10.6. The van der Waals surface area contributed by atoms with E-state index in [2.05, 4.69) is 150 Å². The molecule has 2 heterocycles. The van der Waals surface area contributed by atoms with Gasteiger partial charge >= 0.3 is 0 Å². The lowest BCUT2D eigenvalue weighted by Gasteiger charge is -2.16. The van der Waals surface area contributed by atoms with Crippen LogP contribution in [0.4, 0.5) is 0 Å². The van der Waals surface area contributed by atoms with Gasteiger partial charge < -0.3 is 4.57 Å². The zero-order valence-electron chi connectivity index (χ0n) is 26.8. The molecule has 232 valence electrons. The molecule has 0 spiro atoms. The second-order valence-electron chi connectivity index (χ2n) is 12.2. The van der Waals surface area contributed by atoms with Crippen LogP contribution >= 0.6 is 11.3 Å². The van der Waals surface area contributed by atoms with Gasteiger partial charge in [0.15, 0.2) is 5.84 Å². The van der Waals surface area contributed by atoms with Crippen LogP contribution in [0.3, 0.4) is 0 Å². The number of amidine groups is 1. The number of aromatic nitrogens is 1. The van der Waals surface area contributed by atoms with E-state index < -0.39 is 0 Å². The van der Waals surface area contributed by atoms with Crippen LogP contribution in [0, 0.1) is 0 Å². The zero-order valence-corrected chi connectivity index (χ0v) is 27.6. The van der Waals surface area contributed by atoms with Gasteiger partial charge in [-0.15, -0.1) is 11.3 Å². The minimum Gasteiger partial charge on any atom is -0.309 e. The number of aliphatic imine (C=N–C) groups is 2. The summed E-state index contributed by atoms with van der Waals surface area (Å²) < 4.78 is 5.08. The highest BCUT2D eigenvalue weighted by Gasteiger charge is 2.18. The monoisotopic (exact) mass is 645 g/mol. The molecule has 0 saturated carbocycles. The van der Waals surface area contributed by atoms with Gasteiger partial charge in [0.25, 0.3) is 0 Å². The Morgan fingerprint density at radius 1 is 0.551 bits per heavy atom. The number of para-hydroxylation sites is 1. The molecule has 0 aliphatic heterocycles. The number of hydrogen-bond acceptors (Lipinski definition) is 2. The smallest absolute Gasteiger partial charge is 0.154 e. The summed E-state index contributed by atoms with van der Waals surface area (Å²) in [6.45, 7) is 4.29. The van der Waals surface area contributed by atoms with Gasteiger partial charge in [-0.05, 0) is 59.3 Å². The van der Waals surface area contributed by atoms with Gasteiger partial charge in [0.2, 0.25) is 0 Å².